The molecule has 0 bridgehead atoms. The van der Waals surface area contributed by atoms with Gasteiger partial charge in [-0.3, -0.25) is 14.4 Å². The molecule has 0 saturated carbocycles. The molecule has 0 N–H and O–H groups in total. The van der Waals surface area contributed by atoms with Crippen LogP contribution in [0.5, 0.6) is 0 Å². The fraction of sp³-hybridized carbons (Fsp3) is 0.0800. The van der Waals surface area contributed by atoms with Gasteiger partial charge in [0, 0.05) is 39.3 Å². The first-order valence-corrected chi connectivity index (χ1v) is 10.8. The SMILES string of the molecule is O=C(OCc1ccccc1)C(=O)c1cc(C(=O)I)cc(C(=O)C(=O)OCc2ccccc2)c1. The van der Waals surface area contributed by atoms with Crippen molar-refractivity contribution in [3.8, 4) is 0 Å². The summed E-state index contributed by atoms with van der Waals surface area (Å²) in [5.41, 5.74) is 0.875. The molecular weight excluding hydrogens is 539 g/mol. The fourth-order valence-electron chi connectivity index (χ4n) is 2.82. The van der Waals surface area contributed by atoms with E-state index in [1.165, 1.54) is 34.7 Å². The van der Waals surface area contributed by atoms with Crippen molar-refractivity contribution in [1.82, 2.24) is 0 Å². The number of ketones is 2. The Hall–Kier alpha value is -3.66. The Labute approximate surface area is 202 Å². The Bertz CT molecular complexity index is 1120. The van der Waals surface area contributed by atoms with Crippen molar-refractivity contribution in [2.24, 2.45) is 0 Å². The topological polar surface area (TPSA) is 104 Å². The van der Waals surface area contributed by atoms with Crippen LogP contribution in [0.15, 0.2) is 78.9 Å². The molecule has 3 rings (SSSR count). The van der Waals surface area contributed by atoms with E-state index in [4.69, 9.17) is 9.47 Å². The number of hydrogen-bond acceptors (Lipinski definition) is 7. The molecule has 3 aromatic rings. The summed E-state index contributed by atoms with van der Waals surface area (Å²) in [4.78, 5) is 61.5. The summed E-state index contributed by atoms with van der Waals surface area (Å²) in [5.74, 6) is -4.39. The summed E-state index contributed by atoms with van der Waals surface area (Å²) in [6.45, 7) is -0.234. The minimum atomic E-state index is -1.15. The number of carbonyl (C=O) groups is 5. The third kappa shape index (κ3) is 6.66. The minimum absolute atomic E-state index is 0.0171. The van der Waals surface area contributed by atoms with Gasteiger partial charge in [0.15, 0.2) is 0 Å². The molecule has 0 aliphatic rings. The number of carbonyl (C=O) groups excluding carboxylic acids is 5. The molecule has 0 spiro atoms. The van der Waals surface area contributed by atoms with Crippen LogP contribution in [0.25, 0.3) is 0 Å². The van der Waals surface area contributed by atoms with Crippen molar-refractivity contribution in [3.05, 3.63) is 107 Å². The molecule has 8 heteroatoms. The molecular formula is C25H17IO7. The molecule has 0 atom stereocenters. The molecule has 0 fully saturated rings. The third-order valence-electron chi connectivity index (χ3n) is 4.48. The van der Waals surface area contributed by atoms with Crippen LogP contribution >= 0.6 is 22.6 Å². The summed E-state index contributed by atoms with van der Waals surface area (Å²) in [5, 5.41) is 0. The average Bonchev–Trinajstić information content (AvgIpc) is 2.85. The van der Waals surface area contributed by atoms with Gasteiger partial charge < -0.3 is 9.47 Å². The van der Waals surface area contributed by atoms with E-state index in [0.717, 1.165) is 6.07 Å². The monoisotopic (exact) mass is 556 g/mol. The lowest BCUT2D eigenvalue weighted by Gasteiger charge is -2.08. The van der Waals surface area contributed by atoms with Crippen LogP contribution in [0.3, 0.4) is 0 Å². The first kappa shape index (κ1) is 24.0. The lowest BCUT2D eigenvalue weighted by Crippen LogP contribution is -2.21. The predicted octanol–water partition coefficient (Wildman–Crippen LogP) is 4.11. The maximum absolute atomic E-state index is 12.6. The van der Waals surface area contributed by atoms with Gasteiger partial charge in [0.25, 0.3) is 11.6 Å². The van der Waals surface area contributed by atoms with Crippen LogP contribution in [-0.2, 0) is 32.3 Å². The minimum Gasteiger partial charge on any atom is -0.455 e. The molecule has 33 heavy (non-hydrogen) atoms. The fourth-order valence-corrected chi connectivity index (χ4v) is 3.13. The molecule has 0 unspecified atom stereocenters. The highest BCUT2D eigenvalue weighted by molar-refractivity contribution is 14.1. The van der Waals surface area contributed by atoms with Gasteiger partial charge in [-0.15, -0.1) is 0 Å². The van der Waals surface area contributed by atoms with E-state index in [2.05, 4.69) is 0 Å². The average molecular weight is 556 g/mol. The number of hydrogen-bond donors (Lipinski definition) is 0. The van der Waals surface area contributed by atoms with Gasteiger partial charge in [0.05, 0.1) is 0 Å². The van der Waals surface area contributed by atoms with Crippen molar-refractivity contribution in [2.75, 3.05) is 0 Å². The van der Waals surface area contributed by atoms with Crippen LogP contribution in [-0.4, -0.2) is 27.3 Å². The summed E-state index contributed by atoms with van der Waals surface area (Å²) >= 11 is 1.48. The lowest BCUT2D eigenvalue weighted by molar-refractivity contribution is -0.140. The quantitative estimate of drug-likeness (QED) is 0.129. The van der Waals surface area contributed by atoms with Crippen molar-refractivity contribution < 1.29 is 33.4 Å². The Morgan fingerprint density at radius 3 is 1.30 bits per heavy atom. The molecule has 0 amide bonds. The zero-order chi connectivity index (χ0) is 23.8. The first-order valence-electron chi connectivity index (χ1n) is 9.71. The lowest BCUT2D eigenvalue weighted by atomic mass is 10.0. The van der Waals surface area contributed by atoms with Gasteiger partial charge in [-0.05, 0) is 29.3 Å². The van der Waals surface area contributed by atoms with Crippen LogP contribution in [0.4, 0.5) is 0 Å². The number of benzene rings is 3. The zero-order valence-electron chi connectivity index (χ0n) is 17.2. The predicted molar refractivity (Wildman–Crippen MR) is 126 cm³/mol. The Morgan fingerprint density at radius 1 is 0.576 bits per heavy atom. The first-order chi connectivity index (χ1) is 15.8. The van der Waals surface area contributed by atoms with Gasteiger partial charge in [0.2, 0.25) is 3.79 Å². The normalized spacial score (nSPS) is 10.2. The van der Waals surface area contributed by atoms with Gasteiger partial charge in [-0.2, -0.15) is 0 Å². The van der Waals surface area contributed by atoms with E-state index in [9.17, 15) is 24.0 Å². The van der Waals surface area contributed by atoms with E-state index < -0.39 is 27.3 Å². The van der Waals surface area contributed by atoms with Crippen LogP contribution in [0, 0.1) is 0 Å². The van der Waals surface area contributed by atoms with Crippen molar-refractivity contribution in [3.63, 3.8) is 0 Å². The molecule has 0 radical (unpaired) electrons. The highest BCUT2D eigenvalue weighted by Crippen LogP contribution is 2.17. The Balaban J connectivity index is 1.75. The molecule has 0 aliphatic carbocycles. The Kier molecular flexibility index (Phi) is 8.20. The summed E-state index contributed by atoms with van der Waals surface area (Å²) in [7, 11) is 0. The molecule has 7 nitrogen and oxygen atoms in total. The molecule has 0 saturated heterocycles. The van der Waals surface area contributed by atoms with Gasteiger partial charge in [0.1, 0.15) is 13.2 Å². The van der Waals surface area contributed by atoms with Crippen LogP contribution < -0.4 is 0 Å². The number of halogens is 1. The van der Waals surface area contributed by atoms with E-state index in [1.54, 1.807) is 60.7 Å². The largest absolute Gasteiger partial charge is 0.455 e. The van der Waals surface area contributed by atoms with Crippen molar-refractivity contribution >= 4 is 49.9 Å². The smallest absolute Gasteiger partial charge is 0.380 e. The second-order valence-electron chi connectivity index (χ2n) is 6.85. The van der Waals surface area contributed by atoms with Gasteiger partial charge in [-0.25, -0.2) is 9.59 Å². The van der Waals surface area contributed by atoms with Gasteiger partial charge >= 0.3 is 11.9 Å². The zero-order valence-corrected chi connectivity index (χ0v) is 19.3. The molecule has 166 valence electrons. The standard InChI is InChI=1S/C25H17IO7/c26-23(29)20-12-18(21(27)24(30)32-14-16-7-3-1-4-8-16)11-19(13-20)22(28)25(31)33-15-17-9-5-2-6-10-17/h1-13H,14-15H2. The number of rotatable bonds is 9. The second kappa shape index (κ2) is 11.3. The van der Waals surface area contributed by atoms with Crippen molar-refractivity contribution in [2.45, 2.75) is 13.2 Å². The molecule has 0 heterocycles. The number of ether oxygens (including phenoxy) is 2. The van der Waals surface area contributed by atoms with E-state index >= 15 is 0 Å². The van der Waals surface area contributed by atoms with Crippen LogP contribution in [0.2, 0.25) is 0 Å². The van der Waals surface area contributed by atoms with Crippen LogP contribution in [0.1, 0.15) is 42.2 Å². The Morgan fingerprint density at radius 2 is 0.939 bits per heavy atom. The summed E-state index contributed by atoms with van der Waals surface area (Å²) in [6, 6.07) is 21.0. The highest BCUT2D eigenvalue weighted by atomic mass is 127. The summed E-state index contributed by atoms with van der Waals surface area (Å²) < 4.78 is 9.58. The maximum atomic E-state index is 12.6. The summed E-state index contributed by atoms with van der Waals surface area (Å²) in [6.07, 6.45) is 0. The highest BCUT2D eigenvalue weighted by Gasteiger charge is 2.25. The molecule has 0 aliphatic heterocycles. The van der Waals surface area contributed by atoms with E-state index in [1.807, 2.05) is 0 Å². The third-order valence-corrected chi connectivity index (χ3v) is 5.10. The number of Topliss-reactive ketones (excluding diaryl/α,β-unsaturated/α-hetero) is 2. The number of esters is 2. The van der Waals surface area contributed by atoms with Crippen molar-refractivity contribution in [1.29, 1.82) is 0 Å². The van der Waals surface area contributed by atoms with Gasteiger partial charge in [-0.1, -0.05) is 60.7 Å². The second-order valence-corrected chi connectivity index (χ2v) is 7.83. The molecule has 0 aromatic heterocycles. The van der Waals surface area contributed by atoms with E-state index in [-0.39, 0.29) is 29.9 Å². The maximum Gasteiger partial charge on any atom is 0.380 e. The van der Waals surface area contributed by atoms with E-state index in [0.29, 0.717) is 11.1 Å². The molecule has 3 aromatic carbocycles.